The van der Waals surface area contributed by atoms with Gasteiger partial charge < -0.3 is 14.2 Å². The zero-order valence-corrected chi connectivity index (χ0v) is 14.2. The van der Waals surface area contributed by atoms with Crippen molar-refractivity contribution in [3.8, 4) is 5.88 Å². The molecule has 1 aliphatic rings. The van der Waals surface area contributed by atoms with Gasteiger partial charge in [-0.25, -0.2) is 4.98 Å². The van der Waals surface area contributed by atoms with E-state index in [0.717, 1.165) is 35.1 Å². The molecular weight excluding hydrogens is 318 g/mol. The summed E-state index contributed by atoms with van der Waals surface area (Å²) in [5.74, 6) is 1.11. The molecule has 1 saturated heterocycles. The van der Waals surface area contributed by atoms with E-state index < -0.39 is 0 Å². The first-order valence-corrected chi connectivity index (χ1v) is 8.35. The van der Waals surface area contributed by atoms with Crippen molar-refractivity contribution < 1.29 is 14.1 Å². The van der Waals surface area contributed by atoms with Crippen molar-refractivity contribution in [2.75, 3.05) is 13.7 Å². The van der Waals surface area contributed by atoms with Crippen LogP contribution in [0.2, 0.25) is 0 Å². The van der Waals surface area contributed by atoms with E-state index in [0.29, 0.717) is 18.1 Å². The second-order valence-electron chi connectivity index (χ2n) is 6.26. The van der Waals surface area contributed by atoms with E-state index in [1.165, 1.54) is 0 Å². The monoisotopic (exact) mass is 337 g/mol. The Morgan fingerprint density at radius 1 is 1.32 bits per heavy atom. The molecule has 0 N–H and O–H groups in total. The molecule has 0 bridgehead atoms. The zero-order valence-electron chi connectivity index (χ0n) is 14.2. The number of rotatable bonds is 3. The standard InChI is InChI=1S/C19H19N3O3/c1-12-10-15(21-25-12)17-8-5-9-22(17)19(23)16-11-13-6-3-4-7-14(13)18(20-16)24-2/h3-4,6-7,10-11,17H,5,8-9H2,1-2H3/t17-/m1/s1. The fraction of sp³-hybridized carbons (Fsp3) is 0.316. The average molecular weight is 337 g/mol. The van der Waals surface area contributed by atoms with Crippen LogP contribution in [0, 0.1) is 6.92 Å². The Hall–Kier alpha value is -2.89. The molecular formula is C19H19N3O3. The molecule has 6 heteroatoms. The van der Waals surface area contributed by atoms with E-state index in [2.05, 4.69) is 10.1 Å². The summed E-state index contributed by atoms with van der Waals surface area (Å²) in [6.45, 7) is 2.54. The molecule has 1 aliphatic heterocycles. The molecule has 2 aromatic heterocycles. The third kappa shape index (κ3) is 2.73. The van der Waals surface area contributed by atoms with Gasteiger partial charge in [0.05, 0.1) is 13.2 Å². The van der Waals surface area contributed by atoms with Gasteiger partial charge in [-0.15, -0.1) is 0 Å². The maximum atomic E-state index is 13.1. The maximum Gasteiger partial charge on any atom is 0.273 e. The molecule has 1 fully saturated rings. The number of nitrogens with zero attached hydrogens (tertiary/aromatic N) is 3. The van der Waals surface area contributed by atoms with Crippen LogP contribution in [0.3, 0.4) is 0 Å². The minimum Gasteiger partial charge on any atom is -0.481 e. The summed E-state index contributed by atoms with van der Waals surface area (Å²) in [6.07, 6.45) is 1.81. The minimum absolute atomic E-state index is 0.0655. The quantitative estimate of drug-likeness (QED) is 0.731. The number of pyridine rings is 1. The predicted octanol–water partition coefficient (Wildman–Crippen LogP) is 3.52. The van der Waals surface area contributed by atoms with E-state index in [-0.39, 0.29) is 11.9 Å². The first-order valence-electron chi connectivity index (χ1n) is 8.35. The number of fused-ring (bicyclic) bond motifs is 1. The van der Waals surface area contributed by atoms with Gasteiger partial charge in [-0.2, -0.15) is 0 Å². The SMILES string of the molecule is COc1nc(C(=O)N2CCC[C@@H]2c2cc(C)on2)cc2ccccc12. The predicted molar refractivity (Wildman–Crippen MR) is 92.5 cm³/mol. The highest BCUT2D eigenvalue weighted by atomic mass is 16.5. The van der Waals surface area contributed by atoms with Crippen LogP contribution in [-0.2, 0) is 0 Å². The van der Waals surface area contributed by atoms with Gasteiger partial charge in [-0.3, -0.25) is 4.79 Å². The van der Waals surface area contributed by atoms with Gasteiger partial charge in [0, 0.05) is 18.0 Å². The van der Waals surface area contributed by atoms with E-state index in [4.69, 9.17) is 9.26 Å². The highest BCUT2D eigenvalue weighted by Crippen LogP contribution is 2.33. The molecule has 4 rings (SSSR count). The van der Waals surface area contributed by atoms with Crippen molar-refractivity contribution in [1.82, 2.24) is 15.0 Å². The van der Waals surface area contributed by atoms with Crippen LogP contribution in [0.1, 0.15) is 40.8 Å². The highest BCUT2D eigenvalue weighted by Gasteiger charge is 2.33. The van der Waals surface area contributed by atoms with Crippen LogP contribution < -0.4 is 4.74 Å². The topological polar surface area (TPSA) is 68.5 Å². The van der Waals surface area contributed by atoms with Crippen molar-refractivity contribution >= 4 is 16.7 Å². The van der Waals surface area contributed by atoms with Gasteiger partial charge in [0.2, 0.25) is 5.88 Å². The summed E-state index contributed by atoms with van der Waals surface area (Å²) in [5.41, 5.74) is 1.19. The molecule has 0 saturated carbocycles. The van der Waals surface area contributed by atoms with Gasteiger partial charge in [0.1, 0.15) is 17.1 Å². The Morgan fingerprint density at radius 3 is 2.92 bits per heavy atom. The third-order valence-electron chi connectivity index (χ3n) is 4.62. The van der Waals surface area contributed by atoms with Gasteiger partial charge in [0.15, 0.2) is 0 Å². The summed E-state index contributed by atoms with van der Waals surface area (Å²) >= 11 is 0. The molecule has 3 aromatic rings. The van der Waals surface area contributed by atoms with Crippen molar-refractivity contribution in [3.05, 3.63) is 53.5 Å². The van der Waals surface area contributed by atoms with Crippen LogP contribution in [0.25, 0.3) is 10.8 Å². The molecule has 0 spiro atoms. The number of aromatic nitrogens is 2. The minimum atomic E-state index is -0.104. The summed E-state index contributed by atoms with van der Waals surface area (Å²) in [4.78, 5) is 19.4. The molecule has 1 amide bonds. The summed E-state index contributed by atoms with van der Waals surface area (Å²) < 4.78 is 10.6. The number of carbonyl (C=O) groups excluding carboxylic acids is 1. The van der Waals surface area contributed by atoms with E-state index >= 15 is 0 Å². The first-order chi connectivity index (χ1) is 12.2. The zero-order chi connectivity index (χ0) is 17.4. The second kappa shape index (κ2) is 6.20. The van der Waals surface area contributed by atoms with Crippen molar-refractivity contribution in [1.29, 1.82) is 0 Å². The number of amides is 1. The molecule has 0 radical (unpaired) electrons. The smallest absolute Gasteiger partial charge is 0.273 e. The largest absolute Gasteiger partial charge is 0.481 e. The number of hydrogen-bond donors (Lipinski definition) is 0. The van der Waals surface area contributed by atoms with Gasteiger partial charge in [-0.05, 0) is 37.3 Å². The van der Waals surface area contributed by atoms with Crippen LogP contribution in [0.15, 0.2) is 40.9 Å². The molecule has 128 valence electrons. The van der Waals surface area contributed by atoms with E-state index in [9.17, 15) is 4.79 Å². The number of ether oxygens (including phenoxy) is 1. The molecule has 3 heterocycles. The molecule has 0 unspecified atom stereocenters. The lowest BCUT2D eigenvalue weighted by Crippen LogP contribution is -2.31. The molecule has 0 aliphatic carbocycles. The molecule has 1 atom stereocenters. The lowest BCUT2D eigenvalue weighted by atomic mass is 10.1. The normalized spacial score (nSPS) is 17.2. The average Bonchev–Trinajstić information content (AvgIpc) is 3.28. The van der Waals surface area contributed by atoms with Crippen LogP contribution >= 0.6 is 0 Å². The van der Waals surface area contributed by atoms with E-state index in [1.54, 1.807) is 7.11 Å². The van der Waals surface area contributed by atoms with Gasteiger partial charge in [0.25, 0.3) is 5.91 Å². The Morgan fingerprint density at radius 2 is 2.16 bits per heavy atom. The molecule has 25 heavy (non-hydrogen) atoms. The summed E-state index contributed by atoms with van der Waals surface area (Å²) in [6, 6.07) is 11.4. The number of methoxy groups -OCH3 is 1. The highest BCUT2D eigenvalue weighted by molar-refractivity contribution is 5.98. The van der Waals surface area contributed by atoms with Gasteiger partial charge in [-0.1, -0.05) is 23.4 Å². The second-order valence-corrected chi connectivity index (χ2v) is 6.26. The lowest BCUT2D eigenvalue weighted by molar-refractivity contribution is 0.0724. The van der Waals surface area contributed by atoms with Crippen LogP contribution in [0.5, 0.6) is 5.88 Å². The maximum absolute atomic E-state index is 13.1. The fourth-order valence-corrected chi connectivity index (χ4v) is 3.44. The first kappa shape index (κ1) is 15.6. The molecule has 6 nitrogen and oxygen atoms in total. The number of likely N-dealkylation sites (tertiary alicyclic amines) is 1. The van der Waals surface area contributed by atoms with Crippen molar-refractivity contribution in [2.45, 2.75) is 25.8 Å². The Kier molecular flexibility index (Phi) is 3.87. The number of hydrogen-bond acceptors (Lipinski definition) is 5. The van der Waals surface area contributed by atoms with Crippen LogP contribution in [-0.4, -0.2) is 34.6 Å². The van der Waals surface area contributed by atoms with Crippen molar-refractivity contribution in [3.63, 3.8) is 0 Å². The van der Waals surface area contributed by atoms with Crippen molar-refractivity contribution in [2.24, 2.45) is 0 Å². The fourth-order valence-electron chi connectivity index (χ4n) is 3.44. The summed E-state index contributed by atoms with van der Waals surface area (Å²) in [7, 11) is 1.57. The summed E-state index contributed by atoms with van der Waals surface area (Å²) in [5, 5.41) is 5.92. The van der Waals surface area contributed by atoms with Crippen LogP contribution in [0.4, 0.5) is 0 Å². The number of carbonyl (C=O) groups is 1. The lowest BCUT2D eigenvalue weighted by Gasteiger charge is -2.23. The third-order valence-corrected chi connectivity index (χ3v) is 4.62. The van der Waals surface area contributed by atoms with E-state index in [1.807, 2.05) is 48.2 Å². The number of benzene rings is 1. The molecule has 1 aromatic carbocycles. The van der Waals surface area contributed by atoms with Gasteiger partial charge >= 0.3 is 0 Å². The Balaban J connectivity index is 1.71. The Labute approximate surface area is 145 Å². The Bertz CT molecular complexity index is 935. The number of aryl methyl sites for hydroxylation is 1.